The Morgan fingerprint density at radius 3 is 0.810 bits per heavy atom. The SMILES string of the molecule is CCCCCCCCCCCCCCCC(=O)OC[C@H](COP(=O)(O)OC[C@@H](O)COP(=O)(O)OC[C@@H](COC(=O)CCCCCCCCCC)OC(=O)CCCCCCCCCC)OC(=O)CCCCCCCCCCCCCCC(C)C. The van der Waals surface area contributed by atoms with Crippen LogP contribution in [0.5, 0.6) is 0 Å². The largest absolute Gasteiger partial charge is 0.472 e. The molecule has 0 amide bonds. The third-order valence-electron chi connectivity index (χ3n) is 15.0. The van der Waals surface area contributed by atoms with E-state index in [9.17, 15) is 43.2 Å². The minimum atomic E-state index is -4.94. The fourth-order valence-electron chi connectivity index (χ4n) is 9.76. The Hall–Kier alpha value is -1.94. The van der Waals surface area contributed by atoms with Crippen molar-refractivity contribution in [1.82, 2.24) is 0 Å². The number of hydrogen-bond acceptors (Lipinski definition) is 15. The molecule has 0 rings (SSSR count). The average molecular weight is 1240 g/mol. The molecule has 0 saturated heterocycles. The second kappa shape index (κ2) is 58.7. The number of hydrogen-bond donors (Lipinski definition) is 3. The predicted molar refractivity (Wildman–Crippen MR) is 335 cm³/mol. The van der Waals surface area contributed by atoms with Crippen LogP contribution in [0.4, 0.5) is 0 Å². The molecule has 0 heterocycles. The van der Waals surface area contributed by atoms with E-state index >= 15 is 0 Å². The number of esters is 4. The van der Waals surface area contributed by atoms with Gasteiger partial charge in [-0.05, 0) is 31.6 Å². The van der Waals surface area contributed by atoms with E-state index in [-0.39, 0.29) is 25.7 Å². The molecule has 0 radical (unpaired) electrons. The van der Waals surface area contributed by atoms with Crippen molar-refractivity contribution >= 4 is 39.5 Å². The Morgan fingerprint density at radius 1 is 0.321 bits per heavy atom. The molecule has 0 bridgehead atoms. The highest BCUT2D eigenvalue weighted by atomic mass is 31.2. The van der Waals surface area contributed by atoms with Crippen molar-refractivity contribution in [2.75, 3.05) is 39.6 Å². The summed E-state index contributed by atoms with van der Waals surface area (Å²) in [6.45, 7) is 7.17. The van der Waals surface area contributed by atoms with Crippen LogP contribution in [0.15, 0.2) is 0 Å². The van der Waals surface area contributed by atoms with Crippen LogP contribution in [0, 0.1) is 5.92 Å². The summed E-state index contributed by atoms with van der Waals surface area (Å²) in [5, 5.41) is 10.5. The first-order chi connectivity index (χ1) is 40.5. The van der Waals surface area contributed by atoms with Crippen LogP contribution in [0.1, 0.15) is 330 Å². The molecule has 5 atom stereocenters. The van der Waals surface area contributed by atoms with Crippen molar-refractivity contribution in [3.05, 3.63) is 0 Å². The van der Waals surface area contributed by atoms with Crippen molar-refractivity contribution in [1.29, 1.82) is 0 Å². The van der Waals surface area contributed by atoms with Gasteiger partial charge in [0.1, 0.15) is 19.3 Å². The summed E-state index contributed by atoms with van der Waals surface area (Å²) in [4.78, 5) is 72.1. The van der Waals surface area contributed by atoms with Gasteiger partial charge in [-0.15, -0.1) is 0 Å². The molecule has 84 heavy (non-hydrogen) atoms. The summed E-state index contributed by atoms with van der Waals surface area (Å²) in [6.07, 6.45) is 43.1. The van der Waals surface area contributed by atoms with Crippen LogP contribution in [-0.4, -0.2) is 96.7 Å². The smallest absolute Gasteiger partial charge is 0.462 e. The molecule has 498 valence electrons. The number of aliphatic hydroxyl groups is 1. The topological polar surface area (TPSA) is 237 Å². The van der Waals surface area contributed by atoms with Crippen LogP contribution < -0.4 is 0 Å². The van der Waals surface area contributed by atoms with Gasteiger partial charge < -0.3 is 33.8 Å². The second-order valence-corrected chi connectivity index (χ2v) is 26.9. The van der Waals surface area contributed by atoms with E-state index in [2.05, 4.69) is 34.6 Å². The van der Waals surface area contributed by atoms with E-state index in [1.165, 1.54) is 141 Å². The van der Waals surface area contributed by atoms with Gasteiger partial charge in [-0.3, -0.25) is 37.3 Å². The van der Waals surface area contributed by atoms with Gasteiger partial charge in [-0.1, -0.05) is 279 Å². The fraction of sp³-hybridized carbons (Fsp3) is 0.938. The Balaban J connectivity index is 5.20. The Bertz CT molecular complexity index is 1640. The number of carbonyl (C=O) groups excluding carboxylic acids is 4. The van der Waals surface area contributed by atoms with Gasteiger partial charge in [0.25, 0.3) is 0 Å². The lowest BCUT2D eigenvalue weighted by Crippen LogP contribution is -2.30. The number of ether oxygens (including phenoxy) is 4. The molecule has 0 aromatic rings. The van der Waals surface area contributed by atoms with Crippen molar-refractivity contribution in [3.63, 3.8) is 0 Å². The number of phosphoric acid groups is 2. The lowest BCUT2D eigenvalue weighted by Gasteiger charge is -2.21. The third kappa shape index (κ3) is 59.0. The molecule has 0 spiro atoms. The van der Waals surface area contributed by atoms with Crippen LogP contribution in [0.2, 0.25) is 0 Å². The first kappa shape index (κ1) is 82.1. The summed E-state index contributed by atoms with van der Waals surface area (Å²) in [7, 11) is -9.88. The van der Waals surface area contributed by atoms with Gasteiger partial charge in [0.2, 0.25) is 0 Å². The highest BCUT2D eigenvalue weighted by Crippen LogP contribution is 2.45. The first-order valence-electron chi connectivity index (χ1n) is 34.1. The van der Waals surface area contributed by atoms with E-state index in [1.54, 1.807) is 0 Å². The number of rotatable bonds is 65. The lowest BCUT2D eigenvalue weighted by atomic mass is 10.0. The zero-order valence-electron chi connectivity index (χ0n) is 54.0. The summed E-state index contributed by atoms with van der Waals surface area (Å²) >= 11 is 0. The lowest BCUT2D eigenvalue weighted by molar-refractivity contribution is -0.161. The molecule has 19 heteroatoms. The minimum Gasteiger partial charge on any atom is -0.462 e. The summed E-state index contributed by atoms with van der Waals surface area (Å²) < 4.78 is 67.9. The van der Waals surface area contributed by atoms with Gasteiger partial charge >= 0.3 is 39.5 Å². The summed E-state index contributed by atoms with van der Waals surface area (Å²) in [5.74, 6) is -1.36. The van der Waals surface area contributed by atoms with Gasteiger partial charge in [0.05, 0.1) is 26.4 Å². The van der Waals surface area contributed by atoms with Crippen molar-refractivity contribution in [2.24, 2.45) is 5.92 Å². The van der Waals surface area contributed by atoms with E-state index in [4.69, 9.17) is 37.0 Å². The molecular formula is C65H126O17P2. The molecule has 0 saturated carbocycles. The Labute approximate surface area is 511 Å². The standard InChI is InChI=1S/C65H126O17P2/c1-6-9-12-15-18-21-22-23-27-30-35-39-44-49-63(68)76-55-61(82-65(70)51-46-41-36-31-28-25-24-26-29-32-37-42-47-58(4)5)57-80-84(73,74)78-53-59(66)52-77-83(71,72)79-56-60(81-64(69)50-45-40-34-20-17-14-11-8-3)54-75-62(67)48-43-38-33-19-16-13-10-7-2/h58-61,66H,6-57H2,1-5H3,(H,71,72)(H,73,74)/t59-,60+,61+/m0/s1. The van der Waals surface area contributed by atoms with Crippen molar-refractivity contribution in [2.45, 2.75) is 348 Å². The molecule has 0 aliphatic carbocycles. The molecule has 0 aromatic heterocycles. The van der Waals surface area contributed by atoms with Crippen LogP contribution >= 0.6 is 15.6 Å². The molecule has 17 nitrogen and oxygen atoms in total. The van der Waals surface area contributed by atoms with Gasteiger partial charge in [0, 0.05) is 25.7 Å². The molecule has 0 aliphatic rings. The van der Waals surface area contributed by atoms with Crippen LogP contribution in [0.25, 0.3) is 0 Å². The van der Waals surface area contributed by atoms with Gasteiger partial charge in [0.15, 0.2) is 12.2 Å². The quantitative estimate of drug-likeness (QED) is 0.0222. The third-order valence-corrected chi connectivity index (χ3v) is 16.9. The maximum Gasteiger partial charge on any atom is 0.472 e. The van der Waals surface area contributed by atoms with Crippen molar-refractivity contribution in [3.8, 4) is 0 Å². The van der Waals surface area contributed by atoms with Crippen molar-refractivity contribution < 1.29 is 80.2 Å². The molecule has 0 aromatic carbocycles. The number of unbranched alkanes of at least 4 members (excludes halogenated alkanes) is 37. The predicted octanol–water partition coefficient (Wildman–Crippen LogP) is 18.2. The normalized spacial score (nSPS) is 14.2. The first-order valence-corrected chi connectivity index (χ1v) is 37.1. The van der Waals surface area contributed by atoms with E-state index in [0.29, 0.717) is 25.7 Å². The van der Waals surface area contributed by atoms with E-state index < -0.39 is 97.5 Å². The van der Waals surface area contributed by atoms with E-state index in [1.807, 2.05) is 0 Å². The molecular weight excluding hydrogens is 1110 g/mol. The van der Waals surface area contributed by atoms with Crippen LogP contribution in [-0.2, 0) is 65.4 Å². The second-order valence-electron chi connectivity index (χ2n) is 24.0. The van der Waals surface area contributed by atoms with Crippen LogP contribution in [0.3, 0.4) is 0 Å². The highest BCUT2D eigenvalue weighted by Gasteiger charge is 2.30. The fourth-order valence-corrected chi connectivity index (χ4v) is 11.3. The average Bonchev–Trinajstić information content (AvgIpc) is 3.49. The number of carbonyl (C=O) groups is 4. The van der Waals surface area contributed by atoms with Gasteiger partial charge in [-0.2, -0.15) is 0 Å². The summed E-state index contributed by atoms with van der Waals surface area (Å²) in [6, 6.07) is 0. The van der Waals surface area contributed by atoms with Gasteiger partial charge in [-0.25, -0.2) is 9.13 Å². The molecule has 3 N–H and O–H groups in total. The molecule has 0 fully saturated rings. The maximum atomic E-state index is 13.0. The number of aliphatic hydroxyl groups excluding tert-OH is 1. The minimum absolute atomic E-state index is 0.105. The molecule has 2 unspecified atom stereocenters. The zero-order valence-corrected chi connectivity index (χ0v) is 55.8. The van der Waals surface area contributed by atoms with E-state index in [0.717, 1.165) is 109 Å². The highest BCUT2D eigenvalue weighted by molar-refractivity contribution is 7.47. The Kier molecular flexibility index (Phi) is 57.4. The monoisotopic (exact) mass is 1240 g/mol. The zero-order chi connectivity index (χ0) is 62.0. The molecule has 0 aliphatic heterocycles. The number of phosphoric ester groups is 2. The Morgan fingerprint density at radius 2 is 0.548 bits per heavy atom. The summed E-state index contributed by atoms with van der Waals surface area (Å²) in [5.41, 5.74) is 0. The maximum absolute atomic E-state index is 13.0.